The van der Waals surface area contributed by atoms with Crippen LogP contribution in [0.25, 0.3) is 0 Å². The Bertz CT molecular complexity index is 340. The van der Waals surface area contributed by atoms with E-state index in [1.807, 2.05) is 0 Å². The molecule has 1 heterocycles. The lowest BCUT2D eigenvalue weighted by Crippen LogP contribution is -2.46. The monoisotopic (exact) mass is 221 g/mol. The number of aliphatic hydroxyl groups excluding tert-OH is 1. The molecule has 0 amide bonds. The first-order valence-corrected chi connectivity index (χ1v) is 5.78. The summed E-state index contributed by atoms with van der Waals surface area (Å²) in [7, 11) is 0. The molecule has 1 saturated heterocycles. The third-order valence-electron chi connectivity index (χ3n) is 3.19. The molecule has 1 aromatic carbocycles. The predicted molar refractivity (Wildman–Crippen MR) is 63.3 cm³/mol. The number of rotatable bonds is 3. The van der Waals surface area contributed by atoms with E-state index in [2.05, 4.69) is 36.1 Å². The maximum absolute atomic E-state index is 9.29. The molecule has 1 N–H and O–H groups in total. The van der Waals surface area contributed by atoms with Crippen LogP contribution in [0.15, 0.2) is 24.3 Å². The van der Waals surface area contributed by atoms with Crippen LogP contribution in [0, 0.1) is 6.92 Å². The van der Waals surface area contributed by atoms with Gasteiger partial charge in [-0.3, -0.25) is 4.90 Å². The van der Waals surface area contributed by atoms with E-state index in [0.717, 1.165) is 19.7 Å². The summed E-state index contributed by atoms with van der Waals surface area (Å²) >= 11 is 0. The predicted octanol–water partition coefficient (Wildman–Crippen LogP) is 1.19. The summed E-state index contributed by atoms with van der Waals surface area (Å²) in [5.74, 6) is 0. The molecule has 88 valence electrons. The Morgan fingerprint density at radius 3 is 3.00 bits per heavy atom. The highest BCUT2D eigenvalue weighted by Crippen LogP contribution is 2.14. The van der Waals surface area contributed by atoms with Gasteiger partial charge in [-0.25, -0.2) is 0 Å². The minimum atomic E-state index is 0.147. The van der Waals surface area contributed by atoms with Crippen molar-refractivity contribution >= 4 is 0 Å². The van der Waals surface area contributed by atoms with Crippen molar-refractivity contribution in [3.63, 3.8) is 0 Å². The zero-order chi connectivity index (χ0) is 11.4. The van der Waals surface area contributed by atoms with Crippen molar-refractivity contribution in [1.29, 1.82) is 0 Å². The Morgan fingerprint density at radius 1 is 1.44 bits per heavy atom. The van der Waals surface area contributed by atoms with E-state index >= 15 is 0 Å². The summed E-state index contributed by atoms with van der Waals surface area (Å²) in [4.78, 5) is 2.30. The van der Waals surface area contributed by atoms with Gasteiger partial charge in [0, 0.05) is 13.1 Å². The van der Waals surface area contributed by atoms with Crippen LogP contribution in [0.5, 0.6) is 0 Å². The van der Waals surface area contributed by atoms with Crippen LogP contribution in [0.1, 0.15) is 11.1 Å². The summed E-state index contributed by atoms with van der Waals surface area (Å²) in [6, 6.07) is 8.55. The van der Waals surface area contributed by atoms with Crippen molar-refractivity contribution in [2.24, 2.45) is 0 Å². The van der Waals surface area contributed by atoms with Gasteiger partial charge in [0.25, 0.3) is 0 Å². The third kappa shape index (κ3) is 2.61. The van der Waals surface area contributed by atoms with E-state index in [0.29, 0.717) is 6.61 Å². The van der Waals surface area contributed by atoms with E-state index < -0.39 is 0 Å². The second-order valence-corrected chi connectivity index (χ2v) is 4.31. The highest BCUT2D eigenvalue weighted by atomic mass is 16.5. The lowest BCUT2D eigenvalue weighted by molar-refractivity contribution is -0.0313. The third-order valence-corrected chi connectivity index (χ3v) is 3.19. The van der Waals surface area contributed by atoms with Gasteiger partial charge in [-0.1, -0.05) is 24.3 Å². The maximum atomic E-state index is 9.29. The smallest absolute Gasteiger partial charge is 0.0644 e. The first kappa shape index (κ1) is 11.6. The molecule has 2 rings (SSSR count). The minimum absolute atomic E-state index is 0.147. The zero-order valence-electron chi connectivity index (χ0n) is 9.72. The molecule has 1 aliphatic heterocycles. The van der Waals surface area contributed by atoms with Crippen LogP contribution in [0.4, 0.5) is 0 Å². The average Bonchev–Trinajstić information content (AvgIpc) is 2.33. The number of nitrogens with zero attached hydrogens (tertiary/aromatic N) is 1. The van der Waals surface area contributed by atoms with Crippen LogP contribution in [-0.2, 0) is 11.3 Å². The summed E-state index contributed by atoms with van der Waals surface area (Å²) in [5, 5.41) is 9.29. The van der Waals surface area contributed by atoms with Crippen molar-refractivity contribution in [1.82, 2.24) is 4.90 Å². The molecule has 0 aromatic heterocycles. The van der Waals surface area contributed by atoms with Gasteiger partial charge in [0.1, 0.15) is 0 Å². The summed E-state index contributed by atoms with van der Waals surface area (Å²) < 4.78 is 5.37. The molecule has 3 nitrogen and oxygen atoms in total. The van der Waals surface area contributed by atoms with Crippen LogP contribution in [0.3, 0.4) is 0 Å². The normalized spacial score (nSPS) is 22.2. The fraction of sp³-hybridized carbons (Fsp3) is 0.538. The molecular weight excluding hydrogens is 202 g/mol. The first-order valence-electron chi connectivity index (χ1n) is 5.78. The maximum Gasteiger partial charge on any atom is 0.0644 e. The average molecular weight is 221 g/mol. The molecule has 3 heteroatoms. The van der Waals surface area contributed by atoms with Gasteiger partial charge in [0.15, 0.2) is 0 Å². The quantitative estimate of drug-likeness (QED) is 0.832. The number of aliphatic hydroxyl groups is 1. The van der Waals surface area contributed by atoms with Gasteiger partial charge >= 0.3 is 0 Å². The van der Waals surface area contributed by atoms with E-state index in [1.165, 1.54) is 11.1 Å². The largest absolute Gasteiger partial charge is 0.395 e. The van der Waals surface area contributed by atoms with Gasteiger partial charge in [-0.05, 0) is 18.1 Å². The Hall–Kier alpha value is -0.900. The molecule has 0 radical (unpaired) electrons. The number of hydrogen-bond donors (Lipinski definition) is 1. The molecular formula is C13H19NO2. The second kappa shape index (κ2) is 5.43. The van der Waals surface area contributed by atoms with Gasteiger partial charge in [-0.15, -0.1) is 0 Å². The Morgan fingerprint density at radius 2 is 2.25 bits per heavy atom. The summed E-state index contributed by atoms with van der Waals surface area (Å²) in [6.45, 7) is 5.52. The molecule has 0 aliphatic carbocycles. The number of morpholine rings is 1. The number of hydrogen-bond acceptors (Lipinski definition) is 3. The van der Waals surface area contributed by atoms with Crippen molar-refractivity contribution in [3.8, 4) is 0 Å². The van der Waals surface area contributed by atoms with Crippen molar-refractivity contribution < 1.29 is 9.84 Å². The lowest BCUT2D eigenvalue weighted by atomic mass is 10.1. The molecule has 0 saturated carbocycles. The van der Waals surface area contributed by atoms with Crippen LogP contribution < -0.4 is 0 Å². The molecule has 16 heavy (non-hydrogen) atoms. The Kier molecular flexibility index (Phi) is 3.93. The number of ether oxygens (including phenoxy) is 1. The van der Waals surface area contributed by atoms with Crippen LogP contribution >= 0.6 is 0 Å². The van der Waals surface area contributed by atoms with Crippen molar-refractivity contribution in [2.75, 3.05) is 26.4 Å². The SMILES string of the molecule is Cc1ccccc1CN1CCOCC1CO. The number of benzene rings is 1. The van der Waals surface area contributed by atoms with Crippen LogP contribution in [-0.4, -0.2) is 42.4 Å². The topological polar surface area (TPSA) is 32.7 Å². The van der Waals surface area contributed by atoms with Crippen LogP contribution in [0.2, 0.25) is 0 Å². The Labute approximate surface area is 96.6 Å². The zero-order valence-corrected chi connectivity index (χ0v) is 9.72. The van der Waals surface area contributed by atoms with Crippen molar-refractivity contribution in [3.05, 3.63) is 35.4 Å². The fourth-order valence-electron chi connectivity index (χ4n) is 2.07. The van der Waals surface area contributed by atoms with E-state index in [4.69, 9.17) is 4.74 Å². The van der Waals surface area contributed by atoms with Gasteiger partial charge in [-0.2, -0.15) is 0 Å². The second-order valence-electron chi connectivity index (χ2n) is 4.31. The molecule has 1 atom stereocenters. The lowest BCUT2D eigenvalue weighted by Gasteiger charge is -2.34. The molecule has 1 unspecified atom stereocenters. The highest BCUT2D eigenvalue weighted by Gasteiger charge is 2.22. The first-order chi connectivity index (χ1) is 7.81. The molecule has 1 fully saturated rings. The number of aryl methyl sites for hydroxylation is 1. The fourth-order valence-corrected chi connectivity index (χ4v) is 2.07. The molecule has 0 bridgehead atoms. The molecule has 0 spiro atoms. The standard InChI is InChI=1S/C13H19NO2/c1-11-4-2-3-5-12(11)8-14-6-7-16-10-13(14)9-15/h2-5,13,15H,6-10H2,1H3. The Balaban J connectivity index is 2.05. The molecule has 1 aliphatic rings. The van der Waals surface area contributed by atoms with E-state index in [1.54, 1.807) is 0 Å². The minimum Gasteiger partial charge on any atom is -0.395 e. The van der Waals surface area contributed by atoms with E-state index in [-0.39, 0.29) is 12.6 Å². The molecule has 1 aromatic rings. The van der Waals surface area contributed by atoms with E-state index in [9.17, 15) is 5.11 Å². The summed E-state index contributed by atoms with van der Waals surface area (Å²) in [5.41, 5.74) is 2.65. The summed E-state index contributed by atoms with van der Waals surface area (Å²) in [6.07, 6.45) is 0. The van der Waals surface area contributed by atoms with Gasteiger partial charge in [0.05, 0.1) is 25.9 Å². The van der Waals surface area contributed by atoms with Gasteiger partial charge < -0.3 is 9.84 Å². The van der Waals surface area contributed by atoms with Gasteiger partial charge in [0.2, 0.25) is 0 Å². The highest BCUT2D eigenvalue weighted by molar-refractivity contribution is 5.25. The van der Waals surface area contributed by atoms with Crippen molar-refractivity contribution in [2.45, 2.75) is 19.5 Å².